The zero-order chi connectivity index (χ0) is 18.2. The molecule has 1 heterocycles. The molecule has 0 aliphatic carbocycles. The molecule has 0 aliphatic heterocycles. The molecule has 0 fully saturated rings. The SMILES string of the molecule is O=C(O)CCCCCc1cccc(OCc2cnc3ccccc3c2)c1. The van der Waals surface area contributed by atoms with Crippen LogP contribution in [0.3, 0.4) is 0 Å². The van der Waals surface area contributed by atoms with Crippen LogP contribution < -0.4 is 4.74 Å². The van der Waals surface area contributed by atoms with E-state index in [2.05, 4.69) is 29.2 Å². The zero-order valence-electron chi connectivity index (χ0n) is 14.7. The van der Waals surface area contributed by atoms with Gasteiger partial charge < -0.3 is 9.84 Å². The summed E-state index contributed by atoms with van der Waals surface area (Å²) in [6, 6.07) is 18.3. The molecule has 0 spiro atoms. The molecule has 3 rings (SSSR count). The van der Waals surface area contributed by atoms with Crippen molar-refractivity contribution in [3.05, 3.63) is 71.9 Å². The standard InChI is InChI=1S/C22H23NO3/c24-22(25)12-3-1-2-7-17-8-6-10-20(14-17)26-16-18-13-19-9-4-5-11-21(19)23-15-18/h4-6,8-11,13-15H,1-3,7,12,16H2,(H,24,25). The molecule has 0 aliphatic rings. The second kappa shape index (κ2) is 8.99. The summed E-state index contributed by atoms with van der Waals surface area (Å²) in [7, 11) is 0. The highest BCUT2D eigenvalue weighted by Gasteiger charge is 2.02. The lowest BCUT2D eigenvalue weighted by atomic mass is 10.1. The second-order valence-electron chi connectivity index (χ2n) is 6.43. The number of rotatable bonds is 9. The Bertz CT molecular complexity index is 876. The van der Waals surface area contributed by atoms with Crippen molar-refractivity contribution in [1.82, 2.24) is 4.98 Å². The van der Waals surface area contributed by atoms with E-state index < -0.39 is 5.97 Å². The third-order valence-electron chi connectivity index (χ3n) is 4.31. The van der Waals surface area contributed by atoms with Gasteiger partial charge in [-0.05, 0) is 49.1 Å². The number of carboxylic acid groups (broad SMARTS) is 1. The van der Waals surface area contributed by atoms with E-state index in [0.29, 0.717) is 6.61 Å². The number of benzene rings is 2. The van der Waals surface area contributed by atoms with Gasteiger partial charge in [-0.1, -0.05) is 36.8 Å². The van der Waals surface area contributed by atoms with Crippen LogP contribution in [0.25, 0.3) is 10.9 Å². The first-order valence-electron chi connectivity index (χ1n) is 8.98. The lowest BCUT2D eigenvalue weighted by Gasteiger charge is -2.09. The van der Waals surface area contributed by atoms with E-state index >= 15 is 0 Å². The van der Waals surface area contributed by atoms with Gasteiger partial charge >= 0.3 is 5.97 Å². The Morgan fingerprint density at radius 1 is 0.962 bits per heavy atom. The minimum absolute atomic E-state index is 0.253. The molecule has 26 heavy (non-hydrogen) atoms. The molecule has 3 aromatic rings. The molecule has 0 atom stereocenters. The fourth-order valence-electron chi connectivity index (χ4n) is 2.94. The Balaban J connectivity index is 1.52. The Morgan fingerprint density at radius 3 is 2.73 bits per heavy atom. The monoisotopic (exact) mass is 349 g/mol. The number of hydrogen-bond donors (Lipinski definition) is 1. The topological polar surface area (TPSA) is 59.4 Å². The molecule has 134 valence electrons. The van der Waals surface area contributed by atoms with Crippen LogP contribution in [-0.4, -0.2) is 16.1 Å². The van der Waals surface area contributed by atoms with E-state index in [4.69, 9.17) is 9.84 Å². The number of pyridine rings is 1. The van der Waals surface area contributed by atoms with E-state index in [9.17, 15) is 4.79 Å². The number of carboxylic acids is 1. The Kier molecular flexibility index (Phi) is 6.20. The number of carbonyl (C=O) groups is 1. The number of hydrogen-bond acceptors (Lipinski definition) is 3. The Labute approximate surface area is 153 Å². The molecule has 0 amide bonds. The lowest BCUT2D eigenvalue weighted by molar-refractivity contribution is -0.137. The van der Waals surface area contributed by atoms with Gasteiger partial charge in [-0.25, -0.2) is 0 Å². The molecule has 0 bridgehead atoms. The van der Waals surface area contributed by atoms with Crippen LogP contribution in [0.5, 0.6) is 5.75 Å². The van der Waals surface area contributed by atoms with Crippen molar-refractivity contribution in [2.45, 2.75) is 38.7 Å². The summed E-state index contributed by atoms with van der Waals surface area (Å²) in [5.41, 5.74) is 3.25. The number of nitrogens with zero attached hydrogens (tertiary/aromatic N) is 1. The maximum Gasteiger partial charge on any atom is 0.303 e. The molecular weight excluding hydrogens is 326 g/mol. The molecule has 0 saturated carbocycles. The van der Waals surface area contributed by atoms with Gasteiger partial charge in [0.25, 0.3) is 0 Å². The fraction of sp³-hybridized carbons (Fsp3) is 0.273. The van der Waals surface area contributed by atoms with Gasteiger partial charge in [-0.15, -0.1) is 0 Å². The Hall–Kier alpha value is -2.88. The van der Waals surface area contributed by atoms with Crippen molar-refractivity contribution in [2.24, 2.45) is 0 Å². The zero-order valence-corrected chi connectivity index (χ0v) is 14.7. The number of fused-ring (bicyclic) bond motifs is 1. The van der Waals surface area contributed by atoms with Gasteiger partial charge in [0.1, 0.15) is 12.4 Å². The molecule has 4 nitrogen and oxygen atoms in total. The molecule has 2 aromatic carbocycles. The maximum absolute atomic E-state index is 10.5. The number of aryl methyl sites for hydroxylation is 1. The maximum atomic E-state index is 10.5. The van der Waals surface area contributed by atoms with E-state index in [0.717, 1.165) is 47.9 Å². The fourth-order valence-corrected chi connectivity index (χ4v) is 2.94. The van der Waals surface area contributed by atoms with E-state index in [1.165, 1.54) is 5.56 Å². The van der Waals surface area contributed by atoms with Crippen molar-refractivity contribution in [2.75, 3.05) is 0 Å². The predicted octanol–water partition coefficient (Wildman–Crippen LogP) is 5.00. The van der Waals surface area contributed by atoms with Gasteiger partial charge in [-0.2, -0.15) is 0 Å². The lowest BCUT2D eigenvalue weighted by Crippen LogP contribution is -1.97. The smallest absolute Gasteiger partial charge is 0.303 e. The highest BCUT2D eigenvalue weighted by atomic mass is 16.5. The van der Waals surface area contributed by atoms with Crippen LogP contribution in [0.2, 0.25) is 0 Å². The van der Waals surface area contributed by atoms with Crippen LogP contribution in [0.1, 0.15) is 36.8 Å². The number of aromatic nitrogens is 1. The molecule has 0 radical (unpaired) electrons. The predicted molar refractivity (Wildman–Crippen MR) is 102 cm³/mol. The summed E-state index contributed by atoms with van der Waals surface area (Å²) in [4.78, 5) is 15.0. The third-order valence-corrected chi connectivity index (χ3v) is 4.31. The Morgan fingerprint density at radius 2 is 1.85 bits per heavy atom. The minimum Gasteiger partial charge on any atom is -0.489 e. The van der Waals surface area contributed by atoms with Crippen molar-refractivity contribution >= 4 is 16.9 Å². The third kappa shape index (κ3) is 5.31. The highest BCUT2D eigenvalue weighted by Crippen LogP contribution is 2.18. The van der Waals surface area contributed by atoms with Crippen molar-refractivity contribution in [3.63, 3.8) is 0 Å². The molecule has 4 heteroatoms. The van der Waals surface area contributed by atoms with Crippen LogP contribution in [0.15, 0.2) is 60.8 Å². The van der Waals surface area contributed by atoms with Crippen LogP contribution >= 0.6 is 0 Å². The minimum atomic E-state index is -0.719. The van der Waals surface area contributed by atoms with Crippen molar-refractivity contribution < 1.29 is 14.6 Å². The van der Waals surface area contributed by atoms with Gasteiger partial charge in [-0.3, -0.25) is 9.78 Å². The van der Waals surface area contributed by atoms with Crippen LogP contribution in [0.4, 0.5) is 0 Å². The van der Waals surface area contributed by atoms with Gasteiger partial charge in [0.05, 0.1) is 5.52 Å². The largest absolute Gasteiger partial charge is 0.489 e. The number of unbranched alkanes of at least 4 members (excludes halogenated alkanes) is 2. The molecule has 0 unspecified atom stereocenters. The van der Waals surface area contributed by atoms with E-state index in [1.807, 2.05) is 36.5 Å². The summed E-state index contributed by atoms with van der Waals surface area (Å²) in [5.74, 6) is 0.129. The normalized spacial score (nSPS) is 10.8. The number of ether oxygens (including phenoxy) is 1. The average Bonchev–Trinajstić information content (AvgIpc) is 2.66. The number of para-hydroxylation sites is 1. The first kappa shape index (κ1) is 17.9. The average molecular weight is 349 g/mol. The first-order valence-corrected chi connectivity index (χ1v) is 8.98. The first-order chi connectivity index (χ1) is 12.7. The van der Waals surface area contributed by atoms with E-state index in [-0.39, 0.29) is 6.42 Å². The highest BCUT2D eigenvalue weighted by molar-refractivity contribution is 5.78. The van der Waals surface area contributed by atoms with E-state index in [1.54, 1.807) is 0 Å². The molecule has 1 aromatic heterocycles. The molecule has 0 saturated heterocycles. The summed E-state index contributed by atoms with van der Waals surface area (Å²) in [5, 5.41) is 9.77. The van der Waals surface area contributed by atoms with Gasteiger partial charge in [0, 0.05) is 23.6 Å². The quantitative estimate of drug-likeness (QED) is 0.552. The van der Waals surface area contributed by atoms with Crippen LogP contribution in [0, 0.1) is 0 Å². The van der Waals surface area contributed by atoms with Crippen molar-refractivity contribution in [1.29, 1.82) is 0 Å². The second-order valence-corrected chi connectivity index (χ2v) is 6.43. The molecular formula is C22H23NO3. The summed E-state index contributed by atoms with van der Waals surface area (Å²) in [6.07, 6.45) is 5.71. The van der Waals surface area contributed by atoms with Crippen LogP contribution in [-0.2, 0) is 17.8 Å². The van der Waals surface area contributed by atoms with Crippen molar-refractivity contribution in [3.8, 4) is 5.75 Å². The number of aliphatic carboxylic acids is 1. The van der Waals surface area contributed by atoms with Gasteiger partial charge in [0.15, 0.2) is 0 Å². The van der Waals surface area contributed by atoms with Gasteiger partial charge in [0.2, 0.25) is 0 Å². The summed E-state index contributed by atoms with van der Waals surface area (Å²) < 4.78 is 5.92. The summed E-state index contributed by atoms with van der Waals surface area (Å²) in [6.45, 7) is 0.486. The summed E-state index contributed by atoms with van der Waals surface area (Å²) >= 11 is 0. The molecule has 1 N–H and O–H groups in total.